The van der Waals surface area contributed by atoms with Gasteiger partial charge in [0.25, 0.3) is 5.91 Å². The molecule has 0 radical (unpaired) electrons. The Hall–Kier alpha value is -1.07. The van der Waals surface area contributed by atoms with Crippen LogP contribution in [0.1, 0.15) is 26.7 Å². The van der Waals surface area contributed by atoms with Gasteiger partial charge >= 0.3 is 0 Å². The molecule has 0 aliphatic carbocycles. The first-order valence-electron chi connectivity index (χ1n) is 6.95. The number of halogens is 1. The van der Waals surface area contributed by atoms with Crippen molar-refractivity contribution in [1.29, 1.82) is 0 Å². The molecule has 1 aromatic carbocycles. The third-order valence-electron chi connectivity index (χ3n) is 3.66. The molecule has 1 aliphatic rings. The zero-order valence-electron chi connectivity index (χ0n) is 11.9. The molecule has 2 N–H and O–H groups in total. The number of ether oxygens (including phenoxy) is 1. The molecule has 4 nitrogen and oxygen atoms in total. The highest BCUT2D eigenvalue weighted by Gasteiger charge is 2.30. The molecular formula is C15H21BrN2O2. The maximum absolute atomic E-state index is 12.5. The number of rotatable bonds is 3. The third kappa shape index (κ3) is 3.73. The average molecular weight is 341 g/mol. The normalized spacial score (nSPS) is 24.3. The van der Waals surface area contributed by atoms with Crippen LogP contribution in [0.25, 0.3) is 0 Å². The molecule has 20 heavy (non-hydrogen) atoms. The van der Waals surface area contributed by atoms with E-state index < -0.39 is 6.10 Å². The predicted octanol–water partition coefficient (Wildman–Crippen LogP) is 2.55. The lowest BCUT2D eigenvalue weighted by atomic mass is 9.98. The fraction of sp³-hybridized carbons (Fsp3) is 0.533. The SMILES string of the molecule is CC(Oc1cccc(Br)c1)C(=O)N1CCC(N)CC1C. The summed E-state index contributed by atoms with van der Waals surface area (Å²) < 4.78 is 6.67. The number of hydrogen-bond donors (Lipinski definition) is 1. The fourth-order valence-electron chi connectivity index (χ4n) is 2.56. The van der Waals surface area contributed by atoms with E-state index in [1.807, 2.05) is 36.1 Å². The number of nitrogens with zero attached hydrogens (tertiary/aromatic N) is 1. The molecule has 3 atom stereocenters. The Labute approximate surface area is 128 Å². The molecule has 1 aliphatic heterocycles. The standard InChI is InChI=1S/C15H21BrN2O2/c1-10-8-13(17)6-7-18(10)15(19)11(2)20-14-5-3-4-12(16)9-14/h3-5,9-11,13H,6-8,17H2,1-2H3. The Bertz CT molecular complexity index is 481. The van der Waals surface area contributed by atoms with E-state index >= 15 is 0 Å². The van der Waals surface area contributed by atoms with Crippen LogP contribution in [0.3, 0.4) is 0 Å². The minimum atomic E-state index is -0.485. The summed E-state index contributed by atoms with van der Waals surface area (Å²) in [6.07, 6.45) is 1.23. The zero-order valence-corrected chi connectivity index (χ0v) is 13.5. The molecule has 1 fully saturated rings. The Morgan fingerprint density at radius 2 is 2.30 bits per heavy atom. The lowest BCUT2D eigenvalue weighted by molar-refractivity contribution is -0.141. The summed E-state index contributed by atoms with van der Waals surface area (Å²) in [5, 5.41) is 0. The van der Waals surface area contributed by atoms with Gasteiger partial charge in [0.05, 0.1) is 0 Å². The second kappa shape index (κ2) is 6.59. The number of carbonyl (C=O) groups is 1. The summed E-state index contributed by atoms with van der Waals surface area (Å²) in [4.78, 5) is 14.3. The minimum Gasteiger partial charge on any atom is -0.481 e. The van der Waals surface area contributed by atoms with E-state index in [0.29, 0.717) is 12.3 Å². The second-order valence-corrected chi connectivity index (χ2v) is 6.30. The fourth-order valence-corrected chi connectivity index (χ4v) is 2.94. The van der Waals surface area contributed by atoms with Crippen LogP contribution >= 0.6 is 15.9 Å². The molecule has 110 valence electrons. The largest absolute Gasteiger partial charge is 0.481 e. The number of carbonyl (C=O) groups excluding carboxylic acids is 1. The van der Waals surface area contributed by atoms with Crippen LogP contribution in [0.15, 0.2) is 28.7 Å². The van der Waals surface area contributed by atoms with Gasteiger partial charge in [-0.25, -0.2) is 0 Å². The van der Waals surface area contributed by atoms with E-state index in [-0.39, 0.29) is 18.0 Å². The van der Waals surface area contributed by atoms with Crippen molar-refractivity contribution in [3.8, 4) is 5.75 Å². The highest BCUT2D eigenvalue weighted by molar-refractivity contribution is 9.10. The first kappa shape index (κ1) is 15.3. The van der Waals surface area contributed by atoms with Crippen molar-refractivity contribution in [3.63, 3.8) is 0 Å². The number of hydrogen-bond acceptors (Lipinski definition) is 3. The van der Waals surface area contributed by atoms with Gasteiger partial charge in [0.15, 0.2) is 6.10 Å². The van der Waals surface area contributed by atoms with Crippen molar-refractivity contribution in [2.45, 2.75) is 44.9 Å². The van der Waals surface area contributed by atoms with Crippen LogP contribution in [0.4, 0.5) is 0 Å². The molecular weight excluding hydrogens is 320 g/mol. The van der Waals surface area contributed by atoms with E-state index in [9.17, 15) is 4.79 Å². The third-order valence-corrected chi connectivity index (χ3v) is 4.15. The maximum Gasteiger partial charge on any atom is 0.263 e. The molecule has 1 heterocycles. The average Bonchev–Trinajstić information content (AvgIpc) is 2.38. The summed E-state index contributed by atoms with van der Waals surface area (Å²) in [6, 6.07) is 7.91. The number of likely N-dealkylation sites (tertiary alicyclic amines) is 1. The molecule has 2 rings (SSSR count). The van der Waals surface area contributed by atoms with Gasteiger partial charge in [-0.3, -0.25) is 4.79 Å². The molecule has 1 amide bonds. The smallest absolute Gasteiger partial charge is 0.263 e. The van der Waals surface area contributed by atoms with Gasteiger partial charge in [0.1, 0.15) is 5.75 Å². The molecule has 5 heteroatoms. The van der Waals surface area contributed by atoms with E-state index in [1.54, 1.807) is 6.92 Å². The Balaban J connectivity index is 1.98. The number of nitrogens with two attached hydrogens (primary N) is 1. The van der Waals surface area contributed by atoms with Gasteiger partial charge in [0, 0.05) is 23.1 Å². The van der Waals surface area contributed by atoms with E-state index in [4.69, 9.17) is 10.5 Å². The summed E-state index contributed by atoms with van der Waals surface area (Å²) in [7, 11) is 0. The predicted molar refractivity (Wildman–Crippen MR) is 82.6 cm³/mol. The summed E-state index contributed by atoms with van der Waals surface area (Å²) in [5.74, 6) is 0.728. The number of piperidine rings is 1. The van der Waals surface area contributed by atoms with Crippen LogP contribution in [-0.2, 0) is 4.79 Å². The topological polar surface area (TPSA) is 55.6 Å². The molecule has 0 bridgehead atoms. The van der Waals surface area contributed by atoms with Gasteiger partial charge in [-0.05, 0) is 44.9 Å². The van der Waals surface area contributed by atoms with Crippen molar-refractivity contribution in [3.05, 3.63) is 28.7 Å². The van der Waals surface area contributed by atoms with Crippen molar-refractivity contribution >= 4 is 21.8 Å². The van der Waals surface area contributed by atoms with Gasteiger partial charge < -0.3 is 15.4 Å². The Morgan fingerprint density at radius 1 is 1.55 bits per heavy atom. The number of benzene rings is 1. The van der Waals surface area contributed by atoms with Crippen LogP contribution in [0.2, 0.25) is 0 Å². The zero-order chi connectivity index (χ0) is 14.7. The Kier molecular flexibility index (Phi) is 5.05. The highest BCUT2D eigenvalue weighted by Crippen LogP contribution is 2.21. The Morgan fingerprint density at radius 3 is 2.95 bits per heavy atom. The monoisotopic (exact) mass is 340 g/mol. The summed E-state index contributed by atoms with van der Waals surface area (Å²) >= 11 is 3.39. The van der Waals surface area contributed by atoms with Crippen LogP contribution in [0.5, 0.6) is 5.75 Å². The van der Waals surface area contributed by atoms with E-state index in [0.717, 1.165) is 17.3 Å². The summed E-state index contributed by atoms with van der Waals surface area (Å²) in [5.41, 5.74) is 5.93. The molecule has 0 spiro atoms. The summed E-state index contributed by atoms with van der Waals surface area (Å²) in [6.45, 7) is 4.56. The van der Waals surface area contributed by atoms with Gasteiger partial charge in [-0.2, -0.15) is 0 Å². The van der Waals surface area contributed by atoms with E-state index in [1.165, 1.54) is 0 Å². The quantitative estimate of drug-likeness (QED) is 0.919. The van der Waals surface area contributed by atoms with Crippen molar-refractivity contribution in [2.75, 3.05) is 6.54 Å². The lowest BCUT2D eigenvalue weighted by Crippen LogP contribution is -2.51. The van der Waals surface area contributed by atoms with Crippen molar-refractivity contribution < 1.29 is 9.53 Å². The second-order valence-electron chi connectivity index (χ2n) is 5.38. The minimum absolute atomic E-state index is 0.0318. The van der Waals surface area contributed by atoms with Crippen molar-refractivity contribution in [1.82, 2.24) is 4.90 Å². The van der Waals surface area contributed by atoms with Crippen LogP contribution in [-0.4, -0.2) is 35.5 Å². The number of amides is 1. The first-order chi connectivity index (χ1) is 9.47. The highest BCUT2D eigenvalue weighted by atomic mass is 79.9. The van der Waals surface area contributed by atoms with Crippen LogP contribution < -0.4 is 10.5 Å². The first-order valence-corrected chi connectivity index (χ1v) is 7.75. The van der Waals surface area contributed by atoms with Gasteiger partial charge in [0.2, 0.25) is 0 Å². The van der Waals surface area contributed by atoms with Gasteiger partial charge in [-0.15, -0.1) is 0 Å². The van der Waals surface area contributed by atoms with E-state index in [2.05, 4.69) is 15.9 Å². The molecule has 1 saturated heterocycles. The van der Waals surface area contributed by atoms with Crippen molar-refractivity contribution in [2.24, 2.45) is 5.73 Å². The molecule has 0 saturated carbocycles. The molecule has 1 aromatic rings. The maximum atomic E-state index is 12.5. The molecule has 0 aromatic heterocycles. The molecule has 3 unspecified atom stereocenters. The lowest BCUT2D eigenvalue weighted by Gasteiger charge is -2.37. The van der Waals surface area contributed by atoms with Gasteiger partial charge in [-0.1, -0.05) is 22.0 Å². The van der Waals surface area contributed by atoms with Crippen LogP contribution in [0, 0.1) is 0 Å².